The molecule has 1 aliphatic heterocycles. The lowest BCUT2D eigenvalue weighted by Crippen LogP contribution is -2.32. The number of ketones is 2. The molecule has 0 spiro atoms. The molecule has 2 aliphatic rings. The van der Waals surface area contributed by atoms with E-state index in [1.807, 2.05) is 6.07 Å². The number of fused-ring (bicyclic) bond motifs is 1. The van der Waals surface area contributed by atoms with Gasteiger partial charge in [0.25, 0.3) is 0 Å². The number of benzene rings is 2. The predicted octanol–water partition coefficient (Wildman–Crippen LogP) is 3.11. The highest BCUT2D eigenvalue weighted by Crippen LogP contribution is 2.44. The number of allylic oxidation sites excluding steroid dienone is 3. The zero-order chi connectivity index (χ0) is 19.3. The summed E-state index contributed by atoms with van der Waals surface area (Å²) >= 11 is 0. The summed E-state index contributed by atoms with van der Waals surface area (Å²) in [5.74, 6) is -5.11. The van der Waals surface area contributed by atoms with Crippen molar-refractivity contribution in [2.45, 2.75) is 5.92 Å². The molecule has 0 aromatic heterocycles. The van der Waals surface area contributed by atoms with Gasteiger partial charge in [-0.05, 0) is 17.7 Å². The van der Waals surface area contributed by atoms with Gasteiger partial charge in [-0.3, -0.25) is 9.59 Å². The Labute approximate surface area is 152 Å². The third-order valence-electron chi connectivity index (χ3n) is 4.56. The Morgan fingerprint density at radius 1 is 1.00 bits per heavy atom. The van der Waals surface area contributed by atoms with E-state index in [1.54, 1.807) is 12.1 Å². The van der Waals surface area contributed by atoms with Gasteiger partial charge in [0.15, 0.2) is 23.2 Å². The first-order valence-corrected chi connectivity index (χ1v) is 7.89. The number of rotatable bonds is 1. The first-order chi connectivity index (χ1) is 12.9. The third kappa shape index (κ3) is 2.34. The Balaban J connectivity index is 1.99. The predicted molar refractivity (Wildman–Crippen MR) is 89.1 cm³/mol. The summed E-state index contributed by atoms with van der Waals surface area (Å²) in [5, 5.41) is 9.50. The number of hydrogen-bond acceptors (Lipinski definition) is 5. The van der Waals surface area contributed by atoms with E-state index in [0.29, 0.717) is 0 Å². The number of nitriles is 1. The summed E-state index contributed by atoms with van der Waals surface area (Å²) in [6.07, 6.45) is 0. The highest BCUT2D eigenvalue weighted by atomic mass is 19.2. The first-order valence-electron chi connectivity index (χ1n) is 7.89. The lowest BCUT2D eigenvalue weighted by molar-refractivity contribution is 0.0897. The summed E-state index contributed by atoms with van der Waals surface area (Å²) in [6, 6.07) is 11.0. The molecule has 2 aromatic carbocycles. The maximum Gasteiger partial charge on any atom is 0.229 e. The van der Waals surface area contributed by atoms with Gasteiger partial charge in [0, 0.05) is 11.1 Å². The van der Waals surface area contributed by atoms with Crippen LogP contribution < -0.4 is 5.73 Å². The van der Waals surface area contributed by atoms with Crippen LogP contribution in [0.2, 0.25) is 0 Å². The second-order valence-corrected chi connectivity index (χ2v) is 6.04. The number of ether oxygens (including phenoxy) is 1. The molecule has 5 nitrogen and oxygen atoms in total. The maximum absolute atomic E-state index is 13.8. The molecule has 27 heavy (non-hydrogen) atoms. The molecule has 0 saturated heterocycles. The van der Waals surface area contributed by atoms with Gasteiger partial charge in [0.05, 0.1) is 11.5 Å². The summed E-state index contributed by atoms with van der Waals surface area (Å²) in [7, 11) is 0. The van der Waals surface area contributed by atoms with Crippen molar-refractivity contribution in [3.05, 3.63) is 93.6 Å². The van der Waals surface area contributed by atoms with Crippen LogP contribution in [0.1, 0.15) is 32.2 Å². The molecule has 0 bridgehead atoms. The molecule has 7 heteroatoms. The normalized spacial score (nSPS) is 18.6. The van der Waals surface area contributed by atoms with Gasteiger partial charge in [-0.25, -0.2) is 8.78 Å². The van der Waals surface area contributed by atoms with Crippen molar-refractivity contribution >= 4 is 11.6 Å². The van der Waals surface area contributed by atoms with Gasteiger partial charge in [-0.15, -0.1) is 0 Å². The number of hydrogen-bond donors (Lipinski definition) is 1. The smallest absolute Gasteiger partial charge is 0.229 e. The van der Waals surface area contributed by atoms with Crippen LogP contribution in [0.15, 0.2) is 65.3 Å². The summed E-state index contributed by atoms with van der Waals surface area (Å²) in [6.45, 7) is 0. The van der Waals surface area contributed by atoms with Crippen molar-refractivity contribution in [1.29, 1.82) is 5.26 Å². The minimum Gasteiger partial charge on any atom is -0.436 e. The topological polar surface area (TPSA) is 93.2 Å². The molecule has 1 atom stereocenters. The lowest BCUT2D eigenvalue weighted by atomic mass is 9.75. The van der Waals surface area contributed by atoms with Gasteiger partial charge in [0.1, 0.15) is 11.6 Å². The number of nitrogens with two attached hydrogens (primary N) is 1. The fraction of sp³-hybridized carbons (Fsp3) is 0.0500. The Hall–Kier alpha value is -3.79. The van der Waals surface area contributed by atoms with Crippen LogP contribution in [0.5, 0.6) is 0 Å². The lowest BCUT2D eigenvalue weighted by Gasteiger charge is -2.30. The fourth-order valence-corrected chi connectivity index (χ4v) is 3.33. The number of halogens is 2. The van der Waals surface area contributed by atoms with E-state index in [4.69, 9.17) is 10.5 Å². The van der Waals surface area contributed by atoms with Crippen molar-refractivity contribution in [2.24, 2.45) is 5.73 Å². The molecule has 0 saturated carbocycles. The molecule has 1 unspecified atom stereocenters. The van der Waals surface area contributed by atoms with Crippen LogP contribution >= 0.6 is 0 Å². The highest BCUT2D eigenvalue weighted by Gasteiger charge is 2.43. The van der Waals surface area contributed by atoms with E-state index >= 15 is 0 Å². The van der Waals surface area contributed by atoms with E-state index in [2.05, 4.69) is 0 Å². The van der Waals surface area contributed by atoms with Crippen LogP contribution in [-0.2, 0) is 4.74 Å². The fourth-order valence-electron chi connectivity index (χ4n) is 3.33. The number of carbonyl (C=O) groups excluding carboxylic acids is 2. The molecule has 2 N–H and O–H groups in total. The molecular weight excluding hydrogens is 354 g/mol. The maximum atomic E-state index is 13.8. The van der Waals surface area contributed by atoms with Gasteiger partial charge in [-0.1, -0.05) is 30.3 Å². The van der Waals surface area contributed by atoms with Crippen molar-refractivity contribution in [3.63, 3.8) is 0 Å². The van der Waals surface area contributed by atoms with Gasteiger partial charge >= 0.3 is 0 Å². The van der Waals surface area contributed by atoms with Crippen LogP contribution in [0.4, 0.5) is 8.78 Å². The number of Topliss-reactive ketones (excluding diaryl/α,β-unsaturated/α-hetero) is 2. The minimum absolute atomic E-state index is 0.115. The average Bonchev–Trinajstić information content (AvgIpc) is 2.67. The van der Waals surface area contributed by atoms with E-state index < -0.39 is 29.1 Å². The SMILES string of the molecule is N#CC1=C(N)OC2=C(C(=O)c3ccccc3C2=O)C1c1ccc(F)c(F)c1. The zero-order valence-corrected chi connectivity index (χ0v) is 13.6. The Bertz CT molecular complexity index is 1140. The Morgan fingerprint density at radius 3 is 2.30 bits per heavy atom. The average molecular weight is 364 g/mol. The second kappa shape index (κ2) is 5.88. The van der Waals surface area contributed by atoms with Gasteiger partial charge < -0.3 is 10.5 Å². The Kier molecular flexibility index (Phi) is 3.63. The molecule has 0 radical (unpaired) electrons. The molecule has 1 heterocycles. The monoisotopic (exact) mass is 364 g/mol. The largest absolute Gasteiger partial charge is 0.436 e. The van der Waals surface area contributed by atoms with Gasteiger partial charge in [-0.2, -0.15) is 5.26 Å². The third-order valence-corrected chi connectivity index (χ3v) is 4.56. The Morgan fingerprint density at radius 2 is 1.67 bits per heavy atom. The summed E-state index contributed by atoms with van der Waals surface area (Å²) < 4.78 is 32.5. The molecule has 2 aromatic rings. The van der Waals surface area contributed by atoms with Crippen molar-refractivity contribution in [2.75, 3.05) is 0 Å². The standard InChI is InChI=1S/C20H10F2N2O3/c21-13-6-5-9(7-14(13)22)15-12(8-23)20(24)27-19-16(15)17(25)10-3-1-2-4-11(10)18(19)26/h1-7,15H,24H2. The van der Waals surface area contributed by atoms with Crippen LogP contribution in [0.3, 0.4) is 0 Å². The molecule has 0 amide bonds. The van der Waals surface area contributed by atoms with E-state index in [-0.39, 0.29) is 39.5 Å². The minimum atomic E-state index is -1.15. The summed E-state index contributed by atoms with van der Waals surface area (Å²) in [4.78, 5) is 25.9. The van der Waals surface area contributed by atoms with Crippen LogP contribution in [0.25, 0.3) is 0 Å². The molecular formula is C20H10F2N2O3. The van der Waals surface area contributed by atoms with Crippen molar-refractivity contribution in [1.82, 2.24) is 0 Å². The van der Waals surface area contributed by atoms with Crippen molar-refractivity contribution < 1.29 is 23.1 Å². The van der Waals surface area contributed by atoms with E-state index in [0.717, 1.165) is 12.1 Å². The van der Waals surface area contributed by atoms with E-state index in [1.165, 1.54) is 18.2 Å². The van der Waals surface area contributed by atoms with Crippen LogP contribution in [0, 0.1) is 23.0 Å². The quantitative estimate of drug-likeness (QED) is 0.839. The molecule has 0 fully saturated rings. The molecule has 132 valence electrons. The number of carbonyl (C=O) groups is 2. The number of nitrogens with zero attached hydrogens (tertiary/aromatic N) is 1. The summed E-state index contributed by atoms with van der Waals surface area (Å²) in [5.41, 5.74) is 5.94. The highest BCUT2D eigenvalue weighted by molar-refractivity contribution is 6.27. The molecule has 4 rings (SSSR count). The van der Waals surface area contributed by atoms with Gasteiger partial charge in [0.2, 0.25) is 11.7 Å². The second-order valence-electron chi connectivity index (χ2n) is 6.04. The zero-order valence-electron chi connectivity index (χ0n) is 13.6. The van der Waals surface area contributed by atoms with E-state index in [9.17, 15) is 23.6 Å². The van der Waals surface area contributed by atoms with Crippen LogP contribution in [-0.4, -0.2) is 11.6 Å². The molecule has 1 aliphatic carbocycles. The first kappa shape index (κ1) is 16.7. The van der Waals surface area contributed by atoms with Crippen molar-refractivity contribution in [3.8, 4) is 6.07 Å².